The lowest BCUT2D eigenvalue weighted by atomic mass is 10.2. The lowest BCUT2D eigenvalue weighted by Crippen LogP contribution is -2.00. The van der Waals surface area contributed by atoms with Gasteiger partial charge in [-0.3, -0.25) is 0 Å². The van der Waals surface area contributed by atoms with Crippen LogP contribution in [0.1, 0.15) is 5.56 Å². The molecule has 2 rings (SSSR count). The molecule has 0 aliphatic rings. The molecule has 2 aromatic rings. The van der Waals surface area contributed by atoms with E-state index in [1.54, 1.807) is 25.1 Å². The Morgan fingerprint density at radius 1 is 0.944 bits per heavy atom. The van der Waals surface area contributed by atoms with Crippen molar-refractivity contribution in [1.29, 1.82) is 0 Å². The van der Waals surface area contributed by atoms with Crippen LogP contribution < -0.4 is 5.32 Å². The zero-order valence-corrected chi connectivity index (χ0v) is 10.2. The summed E-state index contributed by atoms with van der Waals surface area (Å²) >= 11 is 5.91. The fourth-order valence-electron chi connectivity index (χ4n) is 1.51. The zero-order valence-electron chi connectivity index (χ0n) is 9.40. The van der Waals surface area contributed by atoms with Crippen LogP contribution in [0.5, 0.6) is 0 Å². The molecule has 0 atom stereocenters. The zero-order chi connectivity index (χ0) is 13.3. The van der Waals surface area contributed by atoms with Crippen LogP contribution in [0.15, 0.2) is 30.3 Å². The molecular formula is C13H9ClF3N. The fraction of sp³-hybridized carbons (Fsp3) is 0.0769. The van der Waals surface area contributed by atoms with Crippen molar-refractivity contribution in [2.24, 2.45) is 0 Å². The van der Waals surface area contributed by atoms with E-state index in [1.165, 1.54) is 0 Å². The van der Waals surface area contributed by atoms with Crippen molar-refractivity contribution < 1.29 is 13.2 Å². The molecule has 0 unspecified atom stereocenters. The maximum atomic E-state index is 13.5. The second-order valence-electron chi connectivity index (χ2n) is 3.76. The molecule has 0 heterocycles. The first kappa shape index (κ1) is 12.8. The number of halogens is 4. The number of hydrogen-bond donors (Lipinski definition) is 1. The van der Waals surface area contributed by atoms with Gasteiger partial charge in [0.15, 0.2) is 17.5 Å². The van der Waals surface area contributed by atoms with Gasteiger partial charge >= 0.3 is 0 Å². The molecule has 0 aliphatic carbocycles. The second-order valence-corrected chi connectivity index (χ2v) is 4.17. The highest BCUT2D eigenvalue weighted by Crippen LogP contribution is 2.28. The van der Waals surface area contributed by atoms with Crippen LogP contribution in [0.4, 0.5) is 24.5 Å². The summed E-state index contributed by atoms with van der Waals surface area (Å²) in [6.07, 6.45) is 0. The number of hydrogen-bond acceptors (Lipinski definition) is 1. The van der Waals surface area contributed by atoms with Gasteiger partial charge in [-0.25, -0.2) is 13.2 Å². The maximum absolute atomic E-state index is 13.5. The van der Waals surface area contributed by atoms with Crippen LogP contribution in [-0.4, -0.2) is 0 Å². The summed E-state index contributed by atoms with van der Waals surface area (Å²) in [4.78, 5) is 0. The van der Waals surface area contributed by atoms with Crippen LogP contribution in [0.3, 0.4) is 0 Å². The summed E-state index contributed by atoms with van der Waals surface area (Å²) in [6, 6.07) is 7.02. The molecular weight excluding hydrogens is 263 g/mol. The SMILES string of the molecule is Cc1c(Cl)cccc1Nc1ccc(F)c(F)c1F. The Labute approximate surface area is 107 Å². The topological polar surface area (TPSA) is 12.0 Å². The third kappa shape index (κ3) is 2.29. The molecule has 5 heteroatoms. The molecule has 0 fully saturated rings. The van der Waals surface area contributed by atoms with Crippen molar-refractivity contribution in [3.8, 4) is 0 Å². The Hall–Kier alpha value is -1.68. The number of anilines is 2. The van der Waals surface area contributed by atoms with Gasteiger partial charge in [0.2, 0.25) is 0 Å². The first-order chi connectivity index (χ1) is 8.50. The summed E-state index contributed by atoms with van der Waals surface area (Å²) in [5, 5.41) is 3.19. The van der Waals surface area contributed by atoms with Gasteiger partial charge in [-0.15, -0.1) is 0 Å². The van der Waals surface area contributed by atoms with Gasteiger partial charge in [-0.05, 0) is 36.8 Å². The molecule has 18 heavy (non-hydrogen) atoms. The molecule has 0 radical (unpaired) electrons. The van der Waals surface area contributed by atoms with Gasteiger partial charge < -0.3 is 5.32 Å². The maximum Gasteiger partial charge on any atom is 0.196 e. The fourth-order valence-corrected chi connectivity index (χ4v) is 1.68. The molecule has 0 saturated heterocycles. The van der Waals surface area contributed by atoms with Crippen LogP contribution >= 0.6 is 11.6 Å². The van der Waals surface area contributed by atoms with E-state index in [1.807, 2.05) is 0 Å². The first-order valence-electron chi connectivity index (χ1n) is 5.16. The van der Waals surface area contributed by atoms with Gasteiger partial charge in [-0.2, -0.15) is 0 Å². The number of benzene rings is 2. The summed E-state index contributed by atoms with van der Waals surface area (Å²) in [7, 11) is 0. The van der Waals surface area contributed by atoms with E-state index >= 15 is 0 Å². The van der Waals surface area contributed by atoms with E-state index < -0.39 is 17.5 Å². The molecule has 0 aliphatic heterocycles. The number of nitrogens with one attached hydrogen (secondary N) is 1. The monoisotopic (exact) mass is 271 g/mol. The van der Waals surface area contributed by atoms with Crippen LogP contribution in [-0.2, 0) is 0 Å². The highest BCUT2D eigenvalue weighted by Gasteiger charge is 2.14. The summed E-state index contributed by atoms with van der Waals surface area (Å²) in [5.74, 6) is -3.98. The first-order valence-corrected chi connectivity index (χ1v) is 5.54. The highest BCUT2D eigenvalue weighted by atomic mass is 35.5. The Kier molecular flexibility index (Phi) is 3.48. The highest BCUT2D eigenvalue weighted by molar-refractivity contribution is 6.31. The van der Waals surface area contributed by atoms with Gasteiger partial charge in [-0.1, -0.05) is 17.7 Å². The Bertz CT molecular complexity index is 599. The van der Waals surface area contributed by atoms with E-state index in [0.29, 0.717) is 16.3 Å². The van der Waals surface area contributed by atoms with Gasteiger partial charge in [0.25, 0.3) is 0 Å². The molecule has 0 aromatic heterocycles. The summed E-state index contributed by atoms with van der Waals surface area (Å²) in [6.45, 7) is 1.74. The quantitative estimate of drug-likeness (QED) is 0.773. The van der Waals surface area contributed by atoms with Gasteiger partial charge in [0, 0.05) is 10.7 Å². The molecule has 0 amide bonds. The standard InChI is InChI=1S/C13H9ClF3N/c1-7-8(14)3-2-4-10(7)18-11-6-5-9(15)12(16)13(11)17/h2-6,18H,1H3. The van der Waals surface area contributed by atoms with E-state index in [9.17, 15) is 13.2 Å². The van der Waals surface area contributed by atoms with Gasteiger partial charge in [0.05, 0.1) is 5.69 Å². The molecule has 0 spiro atoms. The van der Waals surface area contributed by atoms with Crippen LogP contribution in [0.2, 0.25) is 5.02 Å². The van der Waals surface area contributed by atoms with E-state index in [0.717, 1.165) is 12.1 Å². The van der Waals surface area contributed by atoms with E-state index in [2.05, 4.69) is 5.32 Å². The van der Waals surface area contributed by atoms with Gasteiger partial charge in [0.1, 0.15) is 0 Å². The van der Waals surface area contributed by atoms with Crippen molar-refractivity contribution in [3.63, 3.8) is 0 Å². The molecule has 0 bridgehead atoms. The average Bonchev–Trinajstić information content (AvgIpc) is 2.35. The number of rotatable bonds is 2. The Morgan fingerprint density at radius 3 is 2.39 bits per heavy atom. The Morgan fingerprint density at radius 2 is 1.67 bits per heavy atom. The smallest absolute Gasteiger partial charge is 0.196 e. The lowest BCUT2D eigenvalue weighted by molar-refractivity contribution is 0.449. The third-order valence-corrected chi connectivity index (χ3v) is 2.98. The van der Waals surface area contributed by atoms with Crippen LogP contribution in [0.25, 0.3) is 0 Å². The average molecular weight is 272 g/mol. The minimum absolute atomic E-state index is 0.140. The minimum Gasteiger partial charge on any atom is -0.353 e. The predicted octanol–water partition coefficient (Wildman–Crippen LogP) is 4.81. The van der Waals surface area contributed by atoms with Crippen molar-refractivity contribution in [2.45, 2.75) is 6.92 Å². The predicted molar refractivity (Wildman–Crippen MR) is 65.8 cm³/mol. The van der Waals surface area contributed by atoms with Crippen LogP contribution in [0, 0.1) is 24.4 Å². The molecule has 1 N–H and O–H groups in total. The second kappa shape index (κ2) is 4.90. The minimum atomic E-state index is -1.50. The summed E-state index contributed by atoms with van der Waals surface area (Å²) < 4.78 is 39.3. The molecule has 1 nitrogen and oxygen atoms in total. The largest absolute Gasteiger partial charge is 0.353 e. The van der Waals surface area contributed by atoms with E-state index in [4.69, 9.17) is 11.6 Å². The van der Waals surface area contributed by atoms with Crippen molar-refractivity contribution in [2.75, 3.05) is 5.32 Å². The molecule has 94 valence electrons. The normalized spacial score (nSPS) is 10.5. The van der Waals surface area contributed by atoms with E-state index in [-0.39, 0.29) is 5.69 Å². The lowest BCUT2D eigenvalue weighted by Gasteiger charge is -2.11. The third-order valence-electron chi connectivity index (χ3n) is 2.57. The molecule has 2 aromatic carbocycles. The Balaban J connectivity index is 2.41. The van der Waals surface area contributed by atoms with Crippen molar-refractivity contribution >= 4 is 23.0 Å². The van der Waals surface area contributed by atoms with Crippen molar-refractivity contribution in [3.05, 3.63) is 58.4 Å². The van der Waals surface area contributed by atoms with Crippen molar-refractivity contribution in [1.82, 2.24) is 0 Å². The molecule has 0 saturated carbocycles. The summed E-state index contributed by atoms with van der Waals surface area (Å²) in [5.41, 5.74) is 1.09.